The molecule has 0 aromatic heterocycles. The second-order valence-electron chi connectivity index (χ2n) is 3.88. The minimum absolute atomic E-state index is 0.0931. The van der Waals surface area contributed by atoms with E-state index in [1.165, 1.54) is 0 Å². The summed E-state index contributed by atoms with van der Waals surface area (Å²) >= 11 is 5.93. The van der Waals surface area contributed by atoms with Gasteiger partial charge >= 0.3 is 0 Å². The Balaban J connectivity index is 2.00. The second-order valence-corrected chi connectivity index (χ2v) is 4.29. The molecular weight excluding hydrogens is 264 g/mol. The number of ketones is 1. The minimum Gasteiger partial charge on any atom is -0.485 e. The van der Waals surface area contributed by atoms with Crippen LogP contribution in [0.5, 0.6) is 5.75 Å². The van der Waals surface area contributed by atoms with Gasteiger partial charge in [-0.25, -0.2) is 0 Å². The summed E-state index contributed by atoms with van der Waals surface area (Å²) in [4.78, 5) is 22.4. The molecule has 0 aliphatic carbocycles. The summed E-state index contributed by atoms with van der Waals surface area (Å²) in [6, 6.07) is 13.4. The van der Waals surface area contributed by atoms with Gasteiger partial charge in [0.2, 0.25) is 5.78 Å². The fraction of sp³-hybridized carbons (Fsp3) is 0.0667. The first kappa shape index (κ1) is 13.3. The van der Waals surface area contributed by atoms with Gasteiger partial charge in [-0.3, -0.25) is 9.59 Å². The zero-order valence-electron chi connectivity index (χ0n) is 10.0. The Bertz CT molecular complexity index is 591. The van der Waals surface area contributed by atoms with E-state index in [9.17, 15) is 9.59 Å². The smallest absolute Gasteiger partial charge is 0.201 e. The van der Waals surface area contributed by atoms with Gasteiger partial charge in [-0.2, -0.15) is 0 Å². The van der Waals surface area contributed by atoms with Gasteiger partial charge in [-0.1, -0.05) is 23.7 Å². The topological polar surface area (TPSA) is 43.4 Å². The van der Waals surface area contributed by atoms with Gasteiger partial charge < -0.3 is 4.74 Å². The number of ether oxygens (including phenoxy) is 1. The summed E-state index contributed by atoms with van der Waals surface area (Å²) in [7, 11) is 0. The molecule has 0 radical (unpaired) electrons. The molecule has 0 atom stereocenters. The number of rotatable bonds is 5. The average molecular weight is 275 g/mol. The lowest BCUT2D eigenvalue weighted by atomic mass is 10.1. The van der Waals surface area contributed by atoms with Crippen LogP contribution in [0.1, 0.15) is 20.7 Å². The largest absolute Gasteiger partial charge is 0.485 e. The summed E-state index contributed by atoms with van der Waals surface area (Å²) in [6.45, 7) is -0.0931. The van der Waals surface area contributed by atoms with Gasteiger partial charge in [0.05, 0.1) is 5.02 Å². The molecule has 0 heterocycles. The van der Waals surface area contributed by atoms with Gasteiger partial charge in [0.1, 0.15) is 12.0 Å². The number of Topliss-reactive ketones (excluding diaryl/α,β-unsaturated/α-hetero) is 1. The van der Waals surface area contributed by atoms with E-state index >= 15 is 0 Å². The number of benzene rings is 2. The van der Waals surface area contributed by atoms with Gasteiger partial charge in [-0.05, 0) is 36.4 Å². The molecule has 0 saturated heterocycles. The molecule has 3 nitrogen and oxygen atoms in total. The highest BCUT2D eigenvalue weighted by Crippen LogP contribution is 2.17. The summed E-state index contributed by atoms with van der Waals surface area (Å²) < 4.78 is 5.35. The van der Waals surface area contributed by atoms with Crippen LogP contribution in [0, 0.1) is 0 Å². The van der Waals surface area contributed by atoms with E-state index in [-0.39, 0.29) is 12.4 Å². The average Bonchev–Trinajstić information content (AvgIpc) is 2.46. The van der Waals surface area contributed by atoms with Gasteiger partial charge in [-0.15, -0.1) is 0 Å². The third kappa shape index (κ3) is 3.42. The molecule has 19 heavy (non-hydrogen) atoms. The molecule has 0 aliphatic heterocycles. The quantitative estimate of drug-likeness (QED) is 0.620. The van der Waals surface area contributed by atoms with E-state index in [0.717, 1.165) is 6.29 Å². The molecule has 0 fully saturated rings. The monoisotopic (exact) mass is 274 g/mol. The van der Waals surface area contributed by atoms with Crippen LogP contribution in [0.25, 0.3) is 0 Å². The molecule has 4 heteroatoms. The predicted molar refractivity (Wildman–Crippen MR) is 73.1 cm³/mol. The molecular formula is C15H11ClO3. The molecule has 2 aromatic rings. The summed E-state index contributed by atoms with van der Waals surface area (Å²) in [6.07, 6.45) is 0.749. The van der Waals surface area contributed by atoms with Crippen molar-refractivity contribution in [1.82, 2.24) is 0 Å². The Labute approximate surface area is 115 Å². The lowest BCUT2D eigenvalue weighted by Gasteiger charge is -2.06. The van der Waals surface area contributed by atoms with Crippen molar-refractivity contribution < 1.29 is 14.3 Å². The van der Waals surface area contributed by atoms with Crippen LogP contribution in [0.15, 0.2) is 48.5 Å². The Morgan fingerprint density at radius 3 is 2.42 bits per heavy atom. The molecule has 2 rings (SSSR count). The Kier molecular flexibility index (Phi) is 4.31. The summed E-state index contributed by atoms with van der Waals surface area (Å²) in [5.41, 5.74) is 0.999. The van der Waals surface area contributed by atoms with Crippen molar-refractivity contribution in [1.29, 1.82) is 0 Å². The number of halogens is 1. The fourth-order valence-electron chi connectivity index (χ4n) is 1.56. The maximum Gasteiger partial charge on any atom is 0.201 e. The van der Waals surface area contributed by atoms with Gasteiger partial charge in [0.25, 0.3) is 0 Å². The number of carbonyl (C=O) groups is 2. The molecule has 2 aromatic carbocycles. The third-order valence-corrected chi connectivity index (χ3v) is 2.89. The van der Waals surface area contributed by atoms with Crippen LogP contribution < -0.4 is 4.74 Å². The van der Waals surface area contributed by atoms with Crippen LogP contribution in [-0.4, -0.2) is 18.7 Å². The van der Waals surface area contributed by atoms with E-state index in [1.54, 1.807) is 48.5 Å². The van der Waals surface area contributed by atoms with Crippen LogP contribution >= 0.6 is 11.6 Å². The third-order valence-electron chi connectivity index (χ3n) is 2.56. The van der Waals surface area contributed by atoms with Gasteiger partial charge in [0.15, 0.2) is 6.61 Å². The van der Waals surface area contributed by atoms with Crippen LogP contribution in [0.2, 0.25) is 5.02 Å². The van der Waals surface area contributed by atoms with Crippen molar-refractivity contribution >= 4 is 23.7 Å². The maximum atomic E-state index is 11.9. The zero-order valence-corrected chi connectivity index (χ0v) is 10.8. The van der Waals surface area contributed by atoms with E-state index < -0.39 is 0 Å². The van der Waals surface area contributed by atoms with Gasteiger partial charge in [0, 0.05) is 11.1 Å². The number of carbonyl (C=O) groups excluding carboxylic acids is 2. The van der Waals surface area contributed by atoms with E-state index in [2.05, 4.69) is 0 Å². The number of hydrogen-bond donors (Lipinski definition) is 0. The Morgan fingerprint density at radius 2 is 1.79 bits per heavy atom. The second kappa shape index (κ2) is 6.16. The van der Waals surface area contributed by atoms with Crippen LogP contribution in [-0.2, 0) is 0 Å². The predicted octanol–water partition coefficient (Wildman–Crippen LogP) is 3.41. The molecule has 0 spiro atoms. The highest BCUT2D eigenvalue weighted by Gasteiger charge is 2.10. The first-order chi connectivity index (χ1) is 9.20. The standard InChI is InChI=1S/C15H11ClO3/c16-14-4-2-1-3-13(14)15(18)10-19-12-7-5-11(9-17)6-8-12/h1-9H,10H2. The van der Waals surface area contributed by atoms with Crippen molar-refractivity contribution in [2.24, 2.45) is 0 Å². The summed E-state index contributed by atoms with van der Waals surface area (Å²) in [5, 5.41) is 0.410. The normalized spacial score (nSPS) is 9.95. The van der Waals surface area contributed by atoms with Crippen LogP contribution in [0.4, 0.5) is 0 Å². The summed E-state index contributed by atoms with van der Waals surface area (Å²) in [5.74, 6) is 0.344. The fourth-order valence-corrected chi connectivity index (χ4v) is 1.80. The molecule has 0 aliphatic rings. The Morgan fingerprint density at radius 1 is 1.11 bits per heavy atom. The van der Waals surface area contributed by atoms with Crippen molar-refractivity contribution in [3.63, 3.8) is 0 Å². The molecule has 0 N–H and O–H groups in total. The van der Waals surface area contributed by atoms with Crippen LogP contribution in [0.3, 0.4) is 0 Å². The van der Waals surface area contributed by atoms with E-state index in [0.29, 0.717) is 21.9 Å². The molecule has 0 amide bonds. The molecule has 0 saturated carbocycles. The first-order valence-electron chi connectivity index (χ1n) is 5.66. The molecule has 0 unspecified atom stereocenters. The minimum atomic E-state index is -0.190. The van der Waals surface area contributed by atoms with E-state index in [4.69, 9.17) is 16.3 Å². The lowest BCUT2D eigenvalue weighted by molar-refractivity contribution is 0.0921. The maximum absolute atomic E-state index is 11.9. The Hall–Kier alpha value is -2.13. The van der Waals surface area contributed by atoms with Crippen molar-refractivity contribution in [3.8, 4) is 5.75 Å². The highest BCUT2D eigenvalue weighted by molar-refractivity contribution is 6.34. The van der Waals surface area contributed by atoms with E-state index in [1.807, 2.05) is 0 Å². The number of hydrogen-bond acceptors (Lipinski definition) is 3. The molecule has 96 valence electrons. The van der Waals surface area contributed by atoms with Crippen molar-refractivity contribution in [2.45, 2.75) is 0 Å². The SMILES string of the molecule is O=Cc1ccc(OCC(=O)c2ccccc2Cl)cc1. The van der Waals surface area contributed by atoms with Crippen molar-refractivity contribution in [2.75, 3.05) is 6.61 Å². The number of aldehydes is 1. The molecule has 0 bridgehead atoms. The van der Waals surface area contributed by atoms with Crippen molar-refractivity contribution in [3.05, 3.63) is 64.7 Å². The zero-order chi connectivity index (χ0) is 13.7. The first-order valence-corrected chi connectivity index (χ1v) is 6.04. The lowest BCUT2D eigenvalue weighted by Crippen LogP contribution is -2.12. The highest BCUT2D eigenvalue weighted by atomic mass is 35.5.